The molecule has 5 nitrogen and oxygen atoms in total. The Kier molecular flexibility index (Phi) is 4.84. The van der Waals surface area contributed by atoms with E-state index in [1.807, 2.05) is 18.2 Å². The standard InChI is InChI=1S/C14H18ClN3O2/c15-12-5-1-3-10(7-12)8-17-13(19)11-4-2-6-18(9-11)14(16)20/h1,3,5,7,11H,2,4,6,8-9H2,(H2,16,20)(H,17,19)/t11-/m0/s1. The van der Waals surface area contributed by atoms with Crippen molar-refractivity contribution in [2.45, 2.75) is 19.4 Å². The van der Waals surface area contributed by atoms with E-state index >= 15 is 0 Å². The summed E-state index contributed by atoms with van der Waals surface area (Å²) in [4.78, 5) is 24.8. The third-order valence-electron chi connectivity index (χ3n) is 3.46. The van der Waals surface area contributed by atoms with Gasteiger partial charge in [0.15, 0.2) is 0 Å². The van der Waals surface area contributed by atoms with E-state index in [0.29, 0.717) is 24.7 Å². The highest BCUT2D eigenvalue weighted by Crippen LogP contribution is 2.17. The maximum absolute atomic E-state index is 12.1. The van der Waals surface area contributed by atoms with E-state index in [1.165, 1.54) is 4.90 Å². The van der Waals surface area contributed by atoms with Gasteiger partial charge in [-0.15, -0.1) is 0 Å². The number of urea groups is 1. The predicted molar refractivity (Wildman–Crippen MR) is 77.2 cm³/mol. The molecule has 0 aliphatic carbocycles. The Labute approximate surface area is 123 Å². The first kappa shape index (κ1) is 14.7. The van der Waals surface area contributed by atoms with E-state index < -0.39 is 6.03 Å². The van der Waals surface area contributed by atoms with Crippen LogP contribution in [0.1, 0.15) is 18.4 Å². The zero-order chi connectivity index (χ0) is 14.5. The van der Waals surface area contributed by atoms with Gasteiger partial charge in [0.05, 0.1) is 5.92 Å². The zero-order valence-electron chi connectivity index (χ0n) is 11.1. The van der Waals surface area contributed by atoms with Crippen molar-refractivity contribution in [2.75, 3.05) is 13.1 Å². The van der Waals surface area contributed by atoms with Crippen LogP contribution >= 0.6 is 11.6 Å². The van der Waals surface area contributed by atoms with E-state index in [4.69, 9.17) is 17.3 Å². The van der Waals surface area contributed by atoms with Gasteiger partial charge in [0.1, 0.15) is 0 Å². The molecule has 1 aliphatic heterocycles. The fourth-order valence-electron chi connectivity index (χ4n) is 2.37. The van der Waals surface area contributed by atoms with Crippen LogP contribution in [0.5, 0.6) is 0 Å². The smallest absolute Gasteiger partial charge is 0.314 e. The SMILES string of the molecule is NC(=O)N1CCC[C@H](C(=O)NCc2cccc(Cl)c2)C1. The van der Waals surface area contributed by atoms with Crippen LogP contribution < -0.4 is 11.1 Å². The number of carbonyl (C=O) groups excluding carboxylic acids is 2. The van der Waals surface area contributed by atoms with E-state index in [9.17, 15) is 9.59 Å². The zero-order valence-corrected chi connectivity index (χ0v) is 11.9. The number of likely N-dealkylation sites (tertiary alicyclic amines) is 1. The molecule has 1 saturated heterocycles. The maximum Gasteiger partial charge on any atom is 0.314 e. The average Bonchev–Trinajstić information content (AvgIpc) is 2.45. The van der Waals surface area contributed by atoms with Crippen LogP contribution in [0.4, 0.5) is 4.79 Å². The molecule has 1 fully saturated rings. The number of carbonyl (C=O) groups is 2. The Bertz CT molecular complexity index is 507. The van der Waals surface area contributed by atoms with Crippen molar-refractivity contribution in [3.05, 3.63) is 34.9 Å². The third-order valence-corrected chi connectivity index (χ3v) is 3.69. The number of piperidine rings is 1. The van der Waals surface area contributed by atoms with Crippen LogP contribution in [0.3, 0.4) is 0 Å². The van der Waals surface area contributed by atoms with E-state index in [1.54, 1.807) is 6.07 Å². The van der Waals surface area contributed by atoms with Gasteiger partial charge in [-0.2, -0.15) is 0 Å². The molecule has 2 rings (SSSR count). The molecular formula is C14H18ClN3O2. The molecule has 1 aromatic carbocycles. The van der Waals surface area contributed by atoms with Crippen LogP contribution in [-0.4, -0.2) is 29.9 Å². The second-order valence-corrected chi connectivity index (χ2v) is 5.41. The normalized spacial score (nSPS) is 18.6. The number of nitrogens with zero attached hydrogens (tertiary/aromatic N) is 1. The Morgan fingerprint density at radius 3 is 2.95 bits per heavy atom. The molecule has 6 heteroatoms. The molecular weight excluding hydrogens is 278 g/mol. The van der Waals surface area contributed by atoms with Gasteiger partial charge >= 0.3 is 6.03 Å². The average molecular weight is 296 g/mol. The second-order valence-electron chi connectivity index (χ2n) is 4.97. The first-order valence-corrected chi connectivity index (χ1v) is 7.00. The summed E-state index contributed by atoms with van der Waals surface area (Å²) in [5.41, 5.74) is 6.20. The van der Waals surface area contributed by atoms with Gasteiger partial charge in [-0.1, -0.05) is 23.7 Å². The summed E-state index contributed by atoms with van der Waals surface area (Å²) in [6.07, 6.45) is 1.59. The van der Waals surface area contributed by atoms with Gasteiger partial charge in [-0.25, -0.2) is 4.79 Å². The summed E-state index contributed by atoms with van der Waals surface area (Å²) in [6, 6.07) is 6.90. The molecule has 0 saturated carbocycles. The molecule has 0 aromatic heterocycles. The Morgan fingerprint density at radius 2 is 2.25 bits per heavy atom. The van der Waals surface area contributed by atoms with E-state index in [2.05, 4.69) is 5.32 Å². The molecule has 1 aromatic rings. The molecule has 0 bridgehead atoms. The second kappa shape index (κ2) is 6.61. The molecule has 1 aliphatic rings. The van der Waals surface area contributed by atoms with Gasteiger partial charge in [-0.3, -0.25) is 4.79 Å². The van der Waals surface area contributed by atoms with Crippen molar-refractivity contribution in [1.29, 1.82) is 0 Å². The van der Waals surface area contributed by atoms with Crippen molar-refractivity contribution in [2.24, 2.45) is 11.7 Å². The monoisotopic (exact) mass is 295 g/mol. The predicted octanol–water partition coefficient (Wildman–Crippen LogP) is 1.75. The Hall–Kier alpha value is -1.75. The molecule has 3 N–H and O–H groups in total. The highest BCUT2D eigenvalue weighted by molar-refractivity contribution is 6.30. The number of rotatable bonds is 3. The molecule has 1 atom stereocenters. The van der Waals surface area contributed by atoms with Crippen LogP contribution in [-0.2, 0) is 11.3 Å². The van der Waals surface area contributed by atoms with Crippen LogP contribution in [0.2, 0.25) is 5.02 Å². The van der Waals surface area contributed by atoms with Gasteiger partial charge < -0.3 is 16.0 Å². The number of hydrogen-bond acceptors (Lipinski definition) is 2. The number of benzene rings is 1. The minimum Gasteiger partial charge on any atom is -0.352 e. The molecule has 20 heavy (non-hydrogen) atoms. The van der Waals surface area contributed by atoms with Gasteiger partial charge in [0.2, 0.25) is 5.91 Å². The number of hydrogen-bond donors (Lipinski definition) is 2. The van der Waals surface area contributed by atoms with Gasteiger partial charge in [-0.05, 0) is 30.5 Å². The van der Waals surface area contributed by atoms with Crippen molar-refractivity contribution in [3.63, 3.8) is 0 Å². The van der Waals surface area contributed by atoms with E-state index in [-0.39, 0.29) is 11.8 Å². The lowest BCUT2D eigenvalue weighted by Crippen LogP contribution is -2.47. The lowest BCUT2D eigenvalue weighted by atomic mass is 9.97. The molecule has 0 unspecified atom stereocenters. The topological polar surface area (TPSA) is 75.4 Å². The van der Waals surface area contributed by atoms with Crippen LogP contribution in [0.15, 0.2) is 24.3 Å². The molecule has 1 heterocycles. The highest BCUT2D eigenvalue weighted by atomic mass is 35.5. The Morgan fingerprint density at radius 1 is 1.45 bits per heavy atom. The fraction of sp³-hybridized carbons (Fsp3) is 0.429. The first-order chi connectivity index (χ1) is 9.56. The van der Waals surface area contributed by atoms with Crippen molar-refractivity contribution in [1.82, 2.24) is 10.2 Å². The summed E-state index contributed by atoms with van der Waals surface area (Å²) in [5.74, 6) is -0.230. The summed E-state index contributed by atoms with van der Waals surface area (Å²) >= 11 is 5.89. The van der Waals surface area contributed by atoms with Gasteiger partial charge in [0.25, 0.3) is 0 Å². The highest BCUT2D eigenvalue weighted by Gasteiger charge is 2.27. The minimum absolute atomic E-state index is 0.0454. The number of primary amides is 1. The summed E-state index contributed by atoms with van der Waals surface area (Å²) in [5, 5.41) is 3.53. The van der Waals surface area contributed by atoms with Crippen molar-refractivity contribution >= 4 is 23.5 Å². The molecule has 0 spiro atoms. The summed E-state index contributed by atoms with van der Waals surface area (Å²) in [6.45, 7) is 1.47. The fourth-order valence-corrected chi connectivity index (χ4v) is 2.58. The molecule has 108 valence electrons. The maximum atomic E-state index is 12.1. The third kappa shape index (κ3) is 3.87. The Balaban J connectivity index is 1.87. The number of amides is 3. The lowest BCUT2D eigenvalue weighted by Gasteiger charge is -2.30. The largest absolute Gasteiger partial charge is 0.352 e. The molecule has 3 amide bonds. The lowest BCUT2D eigenvalue weighted by molar-refractivity contribution is -0.126. The summed E-state index contributed by atoms with van der Waals surface area (Å²) < 4.78 is 0. The minimum atomic E-state index is -0.461. The van der Waals surface area contributed by atoms with Crippen molar-refractivity contribution in [3.8, 4) is 0 Å². The number of halogens is 1. The first-order valence-electron chi connectivity index (χ1n) is 6.63. The van der Waals surface area contributed by atoms with Crippen LogP contribution in [0, 0.1) is 5.92 Å². The van der Waals surface area contributed by atoms with E-state index in [0.717, 1.165) is 18.4 Å². The van der Waals surface area contributed by atoms with Gasteiger partial charge in [0, 0.05) is 24.7 Å². The quantitative estimate of drug-likeness (QED) is 0.891. The van der Waals surface area contributed by atoms with Crippen molar-refractivity contribution < 1.29 is 9.59 Å². The number of nitrogens with one attached hydrogen (secondary N) is 1. The van der Waals surface area contributed by atoms with Crippen LogP contribution in [0.25, 0.3) is 0 Å². The molecule has 0 radical (unpaired) electrons. The summed E-state index contributed by atoms with van der Waals surface area (Å²) in [7, 11) is 0. The number of nitrogens with two attached hydrogens (primary N) is 1.